The molecule has 2 aromatic rings. The van der Waals surface area contributed by atoms with Crippen LogP contribution in [0.2, 0.25) is 0 Å². The molecule has 0 bridgehead atoms. The van der Waals surface area contributed by atoms with E-state index in [1.54, 1.807) is 6.20 Å². The zero-order chi connectivity index (χ0) is 21.3. The number of hydrogen-bond donors (Lipinski definition) is 0. The Bertz CT molecular complexity index is 1060. The van der Waals surface area contributed by atoms with Crippen LogP contribution in [0, 0.1) is 12.8 Å². The number of rotatable bonds is 7. The summed E-state index contributed by atoms with van der Waals surface area (Å²) in [6.07, 6.45) is 12.6. The van der Waals surface area contributed by atoms with Gasteiger partial charge in [0.2, 0.25) is 0 Å². The summed E-state index contributed by atoms with van der Waals surface area (Å²) in [6, 6.07) is 4.31. The molecule has 0 aliphatic heterocycles. The molecule has 4 rings (SSSR count). The van der Waals surface area contributed by atoms with Crippen LogP contribution in [0.4, 0.5) is 0 Å². The van der Waals surface area contributed by atoms with Crippen LogP contribution in [0.5, 0.6) is 0 Å². The number of pyridine rings is 2. The molecule has 2 fully saturated rings. The third-order valence-corrected chi connectivity index (χ3v) is 6.61. The lowest BCUT2D eigenvalue weighted by Gasteiger charge is -2.24. The molecule has 2 aliphatic rings. The number of Topliss-reactive ketones (excluding diaryl/α,β-unsaturated/α-hetero) is 1. The van der Waals surface area contributed by atoms with Crippen molar-refractivity contribution in [2.45, 2.75) is 71.8 Å². The molecule has 158 valence electrons. The van der Waals surface area contributed by atoms with Gasteiger partial charge in [0, 0.05) is 54.9 Å². The Kier molecular flexibility index (Phi) is 6.03. The zero-order valence-corrected chi connectivity index (χ0v) is 18.7. The first kappa shape index (κ1) is 20.8. The fourth-order valence-corrected chi connectivity index (χ4v) is 4.29. The maximum atomic E-state index is 13.1. The van der Waals surface area contributed by atoms with Crippen LogP contribution < -0.4 is 10.4 Å². The van der Waals surface area contributed by atoms with Gasteiger partial charge in [0.15, 0.2) is 5.78 Å². The standard InChI is InChI=1S/C26H33N3O/c1-5-17(2)22-11-12-27-25(26(30)21-7-6-8-21)23(22)16-29(4)15-19-13-18(3)24(28-14-19)20-9-10-20/h11-14,16,20-21H,5-10,15H2,1-4H3/b22-17-,23-16+. The van der Waals surface area contributed by atoms with Gasteiger partial charge in [-0.25, -0.2) is 0 Å². The molecule has 4 heteroatoms. The second-order valence-electron chi connectivity index (χ2n) is 9.11. The van der Waals surface area contributed by atoms with E-state index in [1.165, 1.54) is 35.2 Å². The summed E-state index contributed by atoms with van der Waals surface area (Å²) < 4.78 is 0. The molecule has 0 radical (unpaired) electrons. The second kappa shape index (κ2) is 8.71. The quantitative estimate of drug-likeness (QED) is 0.653. The van der Waals surface area contributed by atoms with Gasteiger partial charge in [-0.05, 0) is 68.4 Å². The number of nitrogens with zero attached hydrogens (tertiary/aromatic N) is 3. The van der Waals surface area contributed by atoms with Gasteiger partial charge in [0.05, 0.1) is 0 Å². The maximum Gasteiger partial charge on any atom is 0.184 e. The Hall–Kier alpha value is -2.49. The normalized spacial score (nSPS) is 18.2. The number of aromatic nitrogens is 2. The molecule has 0 N–H and O–H groups in total. The lowest BCUT2D eigenvalue weighted by atomic mass is 9.80. The van der Waals surface area contributed by atoms with Crippen molar-refractivity contribution in [3.63, 3.8) is 0 Å². The summed E-state index contributed by atoms with van der Waals surface area (Å²) in [5, 5.41) is 2.11. The van der Waals surface area contributed by atoms with Crippen LogP contribution in [0.15, 0.2) is 24.5 Å². The van der Waals surface area contributed by atoms with E-state index in [0.29, 0.717) is 11.6 Å². The summed E-state index contributed by atoms with van der Waals surface area (Å²) in [4.78, 5) is 24.5. The van der Waals surface area contributed by atoms with Crippen LogP contribution in [0.1, 0.15) is 85.6 Å². The van der Waals surface area contributed by atoms with E-state index in [1.807, 2.05) is 12.3 Å². The predicted octanol–water partition coefficient (Wildman–Crippen LogP) is 4.10. The summed E-state index contributed by atoms with van der Waals surface area (Å²) in [7, 11) is 2.07. The zero-order valence-electron chi connectivity index (χ0n) is 18.7. The Labute approximate surface area is 179 Å². The highest BCUT2D eigenvalue weighted by atomic mass is 16.1. The average Bonchev–Trinajstić information content (AvgIpc) is 3.51. The van der Waals surface area contributed by atoms with Crippen LogP contribution in [-0.4, -0.2) is 27.7 Å². The summed E-state index contributed by atoms with van der Waals surface area (Å²) in [5.74, 6) is 1.03. The Balaban J connectivity index is 1.68. The van der Waals surface area contributed by atoms with E-state index in [-0.39, 0.29) is 11.7 Å². The predicted molar refractivity (Wildman–Crippen MR) is 121 cm³/mol. The fraction of sp³-hybridized carbons (Fsp3) is 0.500. The van der Waals surface area contributed by atoms with Gasteiger partial charge in [-0.1, -0.05) is 25.0 Å². The van der Waals surface area contributed by atoms with E-state index in [0.717, 1.165) is 42.7 Å². The van der Waals surface area contributed by atoms with Gasteiger partial charge in [-0.15, -0.1) is 0 Å². The van der Waals surface area contributed by atoms with Gasteiger partial charge in [0.1, 0.15) is 5.69 Å². The molecule has 0 spiro atoms. The van der Waals surface area contributed by atoms with Gasteiger partial charge in [-0.3, -0.25) is 14.8 Å². The molecule has 2 aromatic heterocycles. The molecule has 2 heterocycles. The molecule has 0 aromatic carbocycles. The Morgan fingerprint density at radius 3 is 2.60 bits per heavy atom. The number of hydrogen-bond acceptors (Lipinski definition) is 4. The fourth-order valence-electron chi connectivity index (χ4n) is 4.29. The van der Waals surface area contributed by atoms with Gasteiger partial charge in [0.25, 0.3) is 0 Å². The molecule has 2 aliphatic carbocycles. The molecule has 0 atom stereocenters. The third-order valence-electron chi connectivity index (χ3n) is 6.61. The first-order chi connectivity index (χ1) is 14.5. The van der Waals surface area contributed by atoms with E-state index < -0.39 is 0 Å². The molecule has 0 saturated heterocycles. The molecule has 4 nitrogen and oxygen atoms in total. The summed E-state index contributed by atoms with van der Waals surface area (Å²) >= 11 is 0. The Morgan fingerprint density at radius 1 is 1.23 bits per heavy atom. The van der Waals surface area contributed by atoms with Crippen molar-refractivity contribution >= 4 is 17.6 Å². The highest BCUT2D eigenvalue weighted by Crippen LogP contribution is 2.40. The monoisotopic (exact) mass is 403 g/mol. The lowest BCUT2D eigenvalue weighted by molar-refractivity contribution is 0.0848. The highest BCUT2D eigenvalue weighted by molar-refractivity contribution is 5.97. The van der Waals surface area contributed by atoms with Crippen LogP contribution in [0.3, 0.4) is 0 Å². The minimum Gasteiger partial charge on any atom is -0.375 e. The largest absolute Gasteiger partial charge is 0.375 e. The van der Waals surface area contributed by atoms with E-state index in [9.17, 15) is 4.79 Å². The topological polar surface area (TPSA) is 46.1 Å². The van der Waals surface area contributed by atoms with Crippen molar-refractivity contribution in [2.24, 2.45) is 5.92 Å². The highest BCUT2D eigenvalue weighted by Gasteiger charge is 2.28. The van der Waals surface area contributed by atoms with Crippen molar-refractivity contribution in [2.75, 3.05) is 7.05 Å². The van der Waals surface area contributed by atoms with Crippen LogP contribution in [0.25, 0.3) is 11.8 Å². The first-order valence-corrected chi connectivity index (χ1v) is 11.3. The molecule has 0 unspecified atom stereocenters. The van der Waals surface area contributed by atoms with Gasteiger partial charge in [-0.2, -0.15) is 0 Å². The maximum absolute atomic E-state index is 13.1. The number of ketones is 1. The SMILES string of the molecule is CC/C(C)=c1/ccnc(C(=O)C2CCC2)/c1=C/N(C)Cc1cnc(C2CC2)c(C)c1. The minimum absolute atomic E-state index is 0.147. The van der Waals surface area contributed by atoms with Crippen molar-refractivity contribution in [1.29, 1.82) is 0 Å². The lowest BCUT2D eigenvalue weighted by Crippen LogP contribution is -2.38. The molecule has 0 amide bonds. The first-order valence-electron chi connectivity index (χ1n) is 11.3. The number of carbonyl (C=O) groups excluding carboxylic acids is 1. The van der Waals surface area contributed by atoms with E-state index in [2.05, 4.69) is 50.0 Å². The molecule has 30 heavy (non-hydrogen) atoms. The van der Waals surface area contributed by atoms with E-state index >= 15 is 0 Å². The van der Waals surface area contributed by atoms with Gasteiger partial charge < -0.3 is 4.90 Å². The average molecular weight is 404 g/mol. The van der Waals surface area contributed by atoms with Crippen LogP contribution in [-0.2, 0) is 6.54 Å². The molecule has 2 saturated carbocycles. The summed E-state index contributed by atoms with van der Waals surface area (Å²) in [5.41, 5.74) is 5.67. The molecular weight excluding hydrogens is 370 g/mol. The summed E-state index contributed by atoms with van der Waals surface area (Å²) in [6.45, 7) is 7.23. The number of aryl methyl sites for hydroxylation is 1. The number of carbonyl (C=O) groups is 1. The van der Waals surface area contributed by atoms with Crippen molar-refractivity contribution < 1.29 is 4.79 Å². The van der Waals surface area contributed by atoms with Crippen molar-refractivity contribution in [3.05, 3.63) is 57.5 Å². The van der Waals surface area contributed by atoms with Crippen molar-refractivity contribution in [3.8, 4) is 0 Å². The third kappa shape index (κ3) is 4.33. The van der Waals surface area contributed by atoms with E-state index in [4.69, 9.17) is 4.98 Å². The minimum atomic E-state index is 0.147. The van der Waals surface area contributed by atoms with Crippen molar-refractivity contribution in [1.82, 2.24) is 14.9 Å². The smallest absolute Gasteiger partial charge is 0.184 e. The van der Waals surface area contributed by atoms with Crippen LogP contribution >= 0.6 is 0 Å². The Morgan fingerprint density at radius 2 is 2.00 bits per heavy atom. The second-order valence-corrected chi connectivity index (χ2v) is 9.11. The van der Waals surface area contributed by atoms with Gasteiger partial charge >= 0.3 is 0 Å². The molecular formula is C26H33N3O.